The van der Waals surface area contributed by atoms with E-state index in [1.165, 1.54) is 4.68 Å². The van der Waals surface area contributed by atoms with Gasteiger partial charge in [0.05, 0.1) is 29.6 Å². The van der Waals surface area contributed by atoms with E-state index in [1.54, 1.807) is 37.3 Å². The third-order valence-corrected chi connectivity index (χ3v) is 2.83. The molecule has 0 aliphatic rings. The second kappa shape index (κ2) is 6.02. The van der Waals surface area contributed by atoms with E-state index < -0.39 is 5.97 Å². The minimum atomic E-state index is -0.415. The second-order valence-electron chi connectivity index (χ2n) is 4.17. The highest BCUT2D eigenvalue weighted by atomic mass is 16.5. The Morgan fingerprint density at radius 1 is 1.40 bits per heavy atom. The summed E-state index contributed by atoms with van der Waals surface area (Å²) in [7, 11) is 0. The second-order valence-corrected chi connectivity index (χ2v) is 4.17. The summed E-state index contributed by atoms with van der Waals surface area (Å²) < 4.78 is 6.57. The lowest BCUT2D eigenvalue weighted by Crippen LogP contribution is -2.12. The molecule has 1 heterocycles. The molecule has 102 valence electrons. The van der Waals surface area contributed by atoms with Crippen molar-refractivity contribution >= 4 is 5.97 Å². The molecule has 0 saturated heterocycles. The van der Waals surface area contributed by atoms with Crippen LogP contribution >= 0.6 is 0 Å². The largest absolute Gasteiger partial charge is 0.461 e. The number of nitrogens with zero attached hydrogens (tertiary/aromatic N) is 3. The summed E-state index contributed by atoms with van der Waals surface area (Å²) in [6, 6.07) is 10.8. The fraction of sp³-hybridized carbons (Fsp3) is 0.267. The molecule has 0 N–H and O–H groups in total. The number of ether oxygens (including phenoxy) is 1. The Hall–Kier alpha value is -2.61. The lowest BCUT2D eigenvalue weighted by molar-refractivity contribution is 0.0515. The van der Waals surface area contributed by atoms with E-state index in [0.29, 0.717) is 23.6 Å². The number of benzene rings is 1. The number of nitriles is 1. The van der Waals surface area contributed by atoms with Crippen molar-refractivity contribution in [3.63, 3.8) is 0 Å². The van der Waals surface area contributed by atoms with Gasteiger partial charge in [0.2, 0.25) is 0 Å². The first-order chi connectivity index (χ1) is 9.69. The first-order valence-electron chi connectivity index (χ1n) is 6.46. The molecule has 0 radical (unpaired) electrons. The third kappa shape index (κ3) is 2.69. The summed E-state index contributed by atoms with van der Waals surface area (Å²) in [4.78, 5) is 12.0. The first kappa shape index (κ1) is 13.8. The lowest BCUT2D eigenvalue weighted by Gasteiger charge is -2.06. The lowest BCUT2D eigenvalue weighted by atomic mass is 10.2. The van der Waals surface area contributed by atoms with Crippen LogP contribution in [0, 0.1) is 11.3 Å². The van der Waals surface area contributed by atoms with E-state index in [1.807, 2.05) is 6.92 Å². The Bertz CT molecular complexity index is 668. The molecule has 0 amide bonds. The standard InChI is InChI=1S/C15H15N3O2/c1-3-12-9-14(15(19)20-4-2)18(17-12)13-7-5-6-11(8-13)10-16/h5-9H,3-4H2,1-2H3. The van der Waals surface area contributed by atoms with E-state index in [4.69, 9.17) is 10.00 Å². The molecular formula is C15H15N3O2. The van der Waals surface area contributed by atoms with Crippen LogP contribution in [0.5, 0.6) is 0 Å². The van der Waals surface area contributed by atoms with Crippen LogP contribution in [-0.2, 0) is 11.2 Å². The molecule has 0 saturated carbocycles. The van der Waals surface area contributed by atoms with Crippen LogP contribution in [0.15, 0.2) is 30.3 Å². The van der Waals surface area contributed by atoms with Crippen LogP contribution in [0.4, 0.5) is 0 Å². The zero-order valence-corrected chi connectivity index (χ0v) is 11.5. The van der Waals surface area contributed by atoms with Crippen molar-refractivity contribution in [2.75, 3.05) is 6.61 Å². The number of carbonyl (C=O) groups excluding carboxylic acids is 1. The number of esters is 1. The van der Waals surface area contributed by atoms with Crippen molar-refractivity contribution < 1.29 is 9.53 Å². The van der Waals surface area contributed by atoms with Gasteiger partial charge in [-0.25, -0.2) is 9.48 Å². The van der Waals surface area contributed by atoms with Gasteiger partial charge in [-0.3, -0.25) is 0 Å². The van der Waals surface area contributed by atoms with Crippen molar-refractivity contribution in [2.24, 2.45) is 0 Å². The van der Waals surface area contributed by atoms with Crippen LogP contribution in [0.1, 0.15) is 35.6 Å². The fourth-order valence-electron chi connectivity index (χ4n) is 1.86. The van der Waals surface area contributed by atoms with Crippen molar-refractivity contribution in [1.82, 2.24) is 9.78 Å². The maximum atomic E-state index is 12.0. The van der Waals surface area contributed by atoms with Crippen LogP contribution in [-0.4, -0.2) is 22.4 Å². The molecular weight excluding hydrogens is 254 g/mol. The van der Waals surface area contributed by atoms with Gasteiger partial charge in [-0.15, -0.1) is 0 Å². The molecule has 0 bridgehead atoms. The fourth-order valence-corrected chi connectivity index (χ4v) is 1.86. The average Bonchev–Trinajstić information content (AvgIpc) is 2.92. The Balaban J connectivity index is 2.51. The number of carbonyl (C=O) groups is 1. The molecule has 5 heteroatoms. The molecule has 0 aliphatic heterocycles. The summed E-state index contributed by atoms with van der Waals surface area (Å²) >= 11 is 0. The predicted molar refractivity (Wildman–Crippen MR) is 73.6 cm³/mol. The number of hydrogen-bond donors (Lipinski definition) is 0. The van der Waals surface area contributed by atoms with Crippen molar-refractivity contribution in [3.8, 4) is 11.8 Å². The maximum absolute atomic E-state index is 12.0. The highest BCUT2D eigenvalue weighted by Crippen LogP contribution is 2.15. The highest BCUT2D eigenvalue weighted by molar-refractivity contribution is 5.88. The minimum Gasteiger partial charge on any atom is -0.461 e. The molecule has 1 aromatic heterocycles. The molecule has 0 unspecified atom stereocenters. The Kier molecular flexibility index (Phi) is 4.16. The normalized spacial score (nSPS) is 10.1. The van der Waals surface area contributed by atoms with Gasteiger partial charge in [0, 0.05) is 0 Å². The van der Waals surface area contributed by atoms with E-state index in [2.05, 4.69) is 11.2 Å². The molecule has 2 aromatic rings. The quantitative estimate of drug-likeness (QED) is 0.800. The van der Waals surface area contributed by atoms with Gasteiger partial charge in [-0.1, -0.05) is 13.0 Å². The van der Waals surface area contributed by atoms with Gasteiger partial charge in [-0.05, 0) is 37.6 Å². The summed E-state index contributed by atoms with van der Waals surface area (Å²) in [6.45, 7) is 4.03. The smallest absolute Gasteiger partial charge is 0.357 e. The molecule has 5 nitrogen and oxygen atoms in total. The van der Waals surface area contributed by atoms with Gasteiger partial charge in [0.25, 0.3) is 0 Å². The third-order valence-electron chi connectivity index (χ3n) is 2.83. The van der Waals surface area contributed by atoms with Crippen molar-refractivity contribution in [1.29, 1.82) is 5.26 Å². The van der Waals surface area contributed by atoms with E-state index >= 15 is 0 Å². The Morgan fingerprint density at radius 3 is 2.85 bits per heavy atom. The zero-order chi connectivity index (χ0) is 14.5. The molecule has 20 heavy (non-hydrogen) atoms. The topological polar surface area (TPSA) is 67.9 Å². The number of hydrogen-bond acceptors (Lipinski definition) is 4. The number of aromatic nitrogens is 2. The van der Waals surface area contributed by atoms with Crippen molar-refractivity contribution in [2.45, 2.75) is 20.3 Å². The first-order valence-corrected chi connectivity index (χ1v) is 6.46. The predicted octanol–water partition coefficient (Wildman–Crippen LogP) is 2.48. The molecule has 2 rings (SSSR count). The molecule has 0 spiro atoms. The van der Waals surface area contributed by atoms with Crippen LogP contribution < -0.4 is 0 Å². The van der Waals surface area contributed by atoms with Gasteiger partial charge < -0.3 is 4.74 Å². The van der Waals surface area contributed by atoms with Crippen LogP contribution in [0.3, 0.4) is 0 Å². The number of rotatable bonds is 4. The van der Waals surface area contributed by atoms with Gasteiger partial charge in [0.15, 0.2) is 5.69 Å². The summed E-state index contributed by atoms with van der Waals surface area (Å²) in [5, 5.41) is 13.3. The average molecular weight is 269 g/mol. The summed E-state index contributed by atoms with van der Waals surface area (Å²) in [6.07, 6.45) is 0.720. The van der Waals surface area contributed by atoms with E-state index in [0.717, 1.165) is 12.1 Å². The SMILES string of the molecule is CCOC(=O)c1cc(CC)nn1-c1cccc(C#N)c1. The van der Waals surface area contributed by atoms with Crippen LogP contribution in [0.2, 0.25) is 0 Å². The van der Waals surface area contributed by atoms with E-state index in [9.17, 15) is 4.79 Å². The van der Waals surface area contributed by atoms with Crippen molar-refractivity contribution in [3.05, 3.63) is 47.3 Å². The minimum absolute atomic E-state index is 0.309. The Labute approximate surface area is 117 Å². The maximum Gasteiger partial charge on any atom is 0.357 e. The molecule has 0 aliphatic carbocycles. The van der Waals surface area contributed by atoms with Gasteiger partial charge >= 0.3 is 5.97 Å². The zero-order valence-electron chi connectivity index (χ0n) is 11.5. The summed E-state index contributed by atoms with van der Waals surface area (Å²) in [5.74, 6) is -0.415. The van der Waals surface area contributed by atoms with Gasteiger partial charge in [-0.2, -0.15) is 10.4 Å². The number of aryl methyl sites for hydroxylation is 1. The summed E-state index contributed by atoms with van der Waals surface area (Å²) in [5.41, 5.74) is 2.37. The monoisotopic (exact) mass is 269 g/mol. The van der Waals surface area contributed by atoms with Gasteiger partial charge in [0.1, 0.15) is 0 Å². The highest BCUT2D eigenvalue weighted by Gasteiger charge is 2.17. The Morgan fingerprint density at radius 2 is 2.20 bits per heavy atom. The molecule has 1 aromatic carbocycles. The van der Waals surface area contributed by atoms with Crippen LogP contribution in [0.25, 0.3) is 5.69 Å². The molecule has 0 atom stereocenters. The van der Waals surface area contributed by atoms with E-state index in [-0.39, 0.29) is 0 Å². The molecule has 0 fully saturated rings.